The van der Waals surface area contributed by atoms with Crippen LogP contribution in [0.15, 0.2) is 71.6 Å². The summed E-state index contributed by atoms with van der Waals surface area (Å²) in [6.45, 7) is 6.58. The van der Waals surface area contributed by atoms with Crippen LogP contribution < -0.4 is 15.4 Å². The first-order valence-corrected chi connectivity index (χ1v) is 16.6. The number of hydrogen-bond donors (Lipinski definition) is 3. The first kappa shape index (κ1) is 31.1. The molecule has 0 unspecified atom stereocenters. The van der Waals surface area contributed by atoms with Crippen LogP contribution in [-0.4, -0.2) is 75.8 Å². The molecule has 1 aliphatic carbocycles. The van der Waals surface area contributed by atoms with Gasteiger partial charge in [-0.15, -0.1) is 0 Å². The number of hydrogen-bond acceptors (Lipinski definition) is 8. The molecule has 2 fully saturated rings. The van der Waals surface area contributed by atoms with Gasteiger partial charge in [-0.3, -0.25) is 4.90 Å². The fourth-order valence-electron chi connectivity index (χ4n) is 6.06. The normalized spacial score (nSPS) is 19.6. The molecule has 1 saturated carbocycles. The highest BCUT2D eigenvalue weighted by molar-refractivity contribution is 7.89. The fourth-order valence-corrected chi connectivity index (χ4v) is 7.40. The number of sulfonamides is 1. The van der Waals surface area contributed by atoms with Crippen LogP contribution in [0.1, 0.15) is 33.1 Å². The Hall–Kier alpha value is -3.31. The van der Waals surface area contributed by atoms with Crippen molar-refractivity contribution in [1.29, 1.82) is 0 Å². The van der Waals surface area contributed by atoms with Crippen molar-refractivity contribution in [2.75, 3.05) is 63.1 Å². The van der Waals surface area contributed by atoms with Crippen molar-refractivity contribution in [2.24, 2.45) is 11.8 Å². The Morgan fingerprint density at radius 2 is 1.47 bits per heavy atom. The fraction of sp³-hybridized carbons (Fsp3) is 0.455. The molecule has 3 N–H and O–H groups in total. The summed E-state index contributed by atoms with van der Waals surface area (Å²) in [5, 5.41) is 9.75. The Balaban J connectivity index is 0.00000368. The van der Waals surface area contributed by atoms with Crippen molar-refractivity contribution in [2.45, 2.75) is 38.0 Å². The van der Waals surface area contributed by atoms with E-state index in [4.69, 9.17) is 14.7 Å². The van der Waals surface area contributed by atoms with Gasteiger partial charge in [0, 0.05) is 50.0 Å². The molecular weight excluding hydrogens is 560 g/mol. The molecule has 4 aromatic rings. The molecule has 2 aliphatic rings. The third-order valence-electron chi connectivity index (χ3n) is 8.54. The Kier molecular flexibility index (Phi) is 10.5. The third-order valence-corrected chi connectivity index (χ3v) is 10.0. The van der Waals surface area contributed by atoms with E-state index in [1.54, 1.807) is 12.1 Å². The summed E-state index contributed by atoms with van der Waals surface area (Å²) < 4.78 is 34.6. The predicted octanol–water partition coefficient (Wildman–Crippen LogP) is 5.36. The molecule has 43 heavy (non-hydrogen) atoms. The molecule has 230 valence electrons. The zero-order valence-corrected chi connectivity index (χ0v) is 24.8. The van der Waals surface area contributed by atoms with E-state index in [9.17, 15) is 8.42 Å². The van der Waals surface area contributed by atoms with E-state index in [0.29, 0.717) is 29.2 Å². The number of aromatic nitrogens is 2. The lowest BCUT2D eigenvalue weighted by Gasteiger charge is -2.29. The Bertz CT molecular complexity index is 1600. The number of nitrogens with zero attached hydrogens (tertiary/aromatic N) is 3. The zero-order valence-electron chi connectivity index (χ0n) is 24.0. The predicted molar refractivity (Wildman–Crippen MR) is 175 cm³/mol. The number of anilines is 2. The number of benzene rings is 3. The maximum atomic E-state index is 13.1. The van der Waals surface area contributed by atoms with E-state index in [1.807, 2.05) is 48.5 Å². The van der Waals surface area contributed by atoms with Gasteiger partial charge < -0.3 is 15.4 Å². The van der Waals surface area contributed by atoms with Crippen molar-refractivity contribution in [3.63, 3.8) is 0 Å². The van der Waals surface area contributed by atoms with Crippen molar-refractivity contribution < 1.29 is 13.2 Å². The first-order chi connectivity index (χ1) is 20.5. The maximum absolute atomic E-state index is 13.1. The summed E-state index contributed by atoms with van der Waals surface area (Å²) in [5.74, 6) is 2.35. The van der Waals surface area contributed by atoms with Crippen molar-refractivity contribution in [3.8, 4) is 0 Å². The van der Waals surface area contributed by atoms with Gasteiger partial charge in [0.2, 0.25) is 16.0 Å². The Morgan fingerprint density at radius 1 is 0.791 bits per heavy atom. The average molecular weight is 605 g/mol. The highest BCUT2D eigenvalue weighted by atomic mass is 32.2. The molecule has 1 saturated heterocycles. The van der Waals surface area contributed by atoms with Crippen LogP contribution in [0.3, 0.4) is 0 Å². The highest BCUT2D eigenvalue weighted by Crippen LogP contribution is 2.30. The lowest BCUT2D eigenvalue weighted by molar-refractivity contribution is 0.0398. The number of para-hydroxylation sites is 1. The van der Waals surface area contributed by atoms with E-state index < -0.39 is 10.0 Å². The number of nitrogens with one attached hydrogen (secondary N) is 3. The minimum Gasteiger partial charge on any atom is -0.379 e. The second-order valence-electron chi connectivity index (χ2n) is 11.4. The van der Waals surface area contributed by atoms with E-state index in [-0.39, 0.29) is 7.43 Å². The van der Waals surface area contributed by atoms with Crippen LogP contribution in [0.2, 0.25) is 0 Å². The topological polar surface area (TPSA) is 108 Å². The molecule has 0 radical (unpaired) electrons. The summed E-state index contributed by atoms with van der Waals surface area (Å²) in [7, 11) is -3.57. The largest absolute Gasteiger partial charge is 0.379 e. The summed E-state index contributed by atoms with van der Waals surface area (Å²) in [6.07, 6.45) is 4.09. The standard InChI is InChI=1S/C32H40N6O3S.CH4/c39-42(40,30-11-5-7-26-6-1-2-8-27(26)30)35-23-25-14-12-24(13-15-25)22-34-32-36-29-10-4-3-9-28(29)31(37-32)33-16-17-38-18-20-41-21-19-38;/h1-11,24-25,35H,12-23H2,(H2,33,34,36,37);1H4. The van der Waals surface area contributed by atoms with E-state index in [0.717, 1.165) is 99.1 Å². The van der Waals surface area contributed by atoms with E-state index in [2.05, 4.69) is 26.3 Å². The van der Waals surface area contributed by atoms with Gasteiger partial charge in [0.05, 0.1) is 23.6 Å². The molecule has 0 spiro atoms. The van der Waals surface area contributed by atoms with Gasteiger partial charge in [0.15, 0.2) is 0 Å². The van der Waals surface area contributed by atoms with Gasteiger partial charge in [-0.05, 0) is 61.1 Å². The lowest BCUT2D eigenvalue weighted by atomic mass is 9.82. The van der Waals surface area contributed by atoms with Gasteiger partial charge in [0.25, 0.3) is 0 Å². The minimum absolute atomic E-state index is 0. The number of morpholine rings is 1. The van der Waals surface area contributed by atoms with Gasteiger partial charge in [0.1, 0.15) is 5.82 Å². The highest BCUT2D eigenvalue weighted by Gasteiger charge is 2.24. The number of fused-ring (bicyclic) bond motifs is 2. The summed E-state index contributed by atoms with van der Waals surface area (Å²) in [6, 6.07) is 21.2. The second-order valence-corrected chi connectivity index (χ2v) is 13.1. The summed E-state index contributed by atoms with van der Waals surface area (Å²) >= 11 is 0. The number of rotatable bonds is 11. The molecule has 10 heteroatoms. The molecule has 9 nitrogen and oxygen atoms in total. The molecule has 1 aromatic heterocycles. The van der Waals surface area contributed by atoms with Gasteiger partial charge in [-0.1, -0.05) is 56.0 Å². The SMILES string of the molecule is C.O=S(=O)(NCC1CCC(CNc2nc(NCCN3CCOCC3)c3ccccc3n2)CC1)c1cccc2ccccc12. The Labute approximate surface area is 255 Å². The second kappa shape index (κ2) is 14.4. The van der Waals surface area contributed by atoms with Crippen LogP contribution in [0, 0.1) is 11.8 Å². The minimum atomic E-state index is -3.57. The van der Waals surface area contributed by atoms with E-state index in [1.165, 1.54) is 0 Å². The van der Waals surface area contributed by atoms with Crippen molar-refractivity contribution in [1.82, 2.24) is 19.6 Å². The third kappa shape index (κ3) is 7.80. The van der Waals surface area contributed by atoms with Crippen LogP contribution in [-0.2, 0) is 14.8 Å². The molecule has 0 amide bonds. The molecule has 0 atom stereocenters. The monoisotopic (exact) mass is 604 g/mol. The van der Waals surface area contributed by atoms with Gasteiger partial charge >= 0.3 is 0 Å². The lowest BCUT2D eigenvalue weighted by Crippen LogP contribution is -2.39. The van der Waals surface area contributed by atoms with Gasteiger partial charge in [-0.25, -0.2) is 18.1 Å². The van der Waals surface area contributed by atoms with Crippen LogP contribution >= 0.6 is 0 Å². The van der Waals surface area contributed by atoms with Crippen LogP contribution in [0.25, 0.3) is 21.7 Å². The molecule has 6 rings (SSSR count). The summed E-state index contributed by atoms with van der Waals surface area (Å²) in [5.41, 5.74) is 0.922. The Morgan fingerprint density at radius 3 is 2.26 bits per heavy atom. The molecule has 1 aliphatic heterocycles. The molecule has 0 bridgehead atoms. The smallest absolute Gasteiger partial charge is 0.241 e. The summed E-state index contributed by atoms with van der Waals surface area (Å²) in [4.78, 5) is 12.4. The zero-order chi connectivity index (χ0) is 28.8. The van der Waals surface area contributed by atoms with Crippen molar-refractivity contribution in [3.05, 3.63) is 66.7 Å². The first-order valence-electron chi connectivity index (χ1n) is 15.1. The quantitative estimate of drug-likeness (QED) is 0.210. The van der Waals surface area contributed by atoms with E-state index >= 15 is 0 Å². The average Bonchev–Trinajstić information content (AvgIpc) is 3.03. The van der Waals surface area contributed by atoms with Crippen LogP contribution in [0.5, 0.6) is 0 Å². The molecular formula is C33H44N6O3S. The molecule has 2 heterocycles. The number of ether oxygens (including phenoxy) is 1. The van der Waals surface area contributed by atoms with Crippen molar-refractivity contribution >= 4 is 43.5 Å². The molecule has 3 aromatic carbocycles. The van der Waals surface area contributed by atoms with Crippen LogP contribution in [0.4, 0.5) is 11.8 Å². The maximum Gasteiger partial charge on any atom is 0.241 e. The van der Waals surface area contributed by atoms with Gasteiger partial charge in [-0.2, -0.15) is 4.98 Å².